The molecular formula is CHPS3. The van der Waals surface area contributed by atoms with Crippen LogP contribution in [0.3, 0.4) is 0 Å². The predicted molar refractivity (Wildman–Crippen MR) is 33.5 cm³/mol. The van der Waals surface area contributed by atoms with Gasteiger partial charge in [0.15, 0.2) is 0 Å². The van der Waals surface area contributed by atoms with Gasteiger partial charge in [-0.05, 0) is 0 Å². The molecule has 2 rings (SSSR count). The molecule has 0 aromatic rings. The molecule has 0 spiro atoms. The molecule has 0 nitrogen and oxygen atoms in total. The summed E-state index contributed by atoms with van der Waals surface area (Å²) in [7, 11) is 8.16. The van der Waals surface area contributed by atoms with E-state index in [1.54, 1.807) is 0 Å². The van der Waals surface area contributed by atoms with E-state index in [0.29, 0.717) is 0 Å². The van der Waals surface area contributed by atoms with Crippen LogP contribution in [0.1, 0.15) is 0 Å². The Morgan fingerprint density at radius 2 is 1.80 bits per heavy atom. The minimum absolute atomic E-state index is 0.222. The fraction of sp³-hybridized carbons (Fsp3) is 1.00. The summed E-state index contributed by atoms with van der Waals surface area (Å²) in [5.41, 5.74) is 0. The van der Waals surface area contributed by atoms with Crippen LogP contribution in [0, 0.1) is 0 Å². The molecule has 2 heterocycles. The van der Waals surface area contributed by atoms with Crippen molar-refractivity contribution in [2.45, 2.75) is 3.91 Å². The molecule has 0 N–H and O–H groups in total. The number of rotatable bonds is 0. The van der Waals surface area contributed by atoms with Gasteiger partial charge < -0.3 is 0 Å². The molecule has 4 heteroatoms. The van der Waals surface area contributed by atoms with Crippen LogP contribution < -0.4 is 0 Å². The second kappa shape index (κ2) is 0.706. The summed E-state index contributed by atoms with van der Waals surface area (Å²) in [5.74, 6) is 0. The summed E-state index contributed by atoms with van der Waals surface area (Å²) in [6, 6.07) is 0. The van der Waals surface area contributed by atoms with E-state index in [-0.39, 0.29) is 7.07 Å². The Labute approximate surface area is 40.6 Å². The zero-order valence-electron chi connectivity index (χ0n) is 2.25. The van der Waals surface area contributed by atoms with E-state index in [1.807, 2.05) is 21.6 Å². The van der Waals surface area contributed by atoms with Crippen molar-refractivity contribution in [2.24, 2.45) is 0 Å². The summed E-state index contributed by atoms with van der Waals surface area (Å²) in [6.07, 6.45) is 0. The first-order valence-corrected chi connectivity index (χ1v) is 6.76. The van der Waals surface area contributed by atoms with Gasteiger partial charge in [-0.15, -0.1) is 0 Å². The summed E-state index contributed by atoms with van der Waals surface area (Å²) in [4.78, 5) is 0. The fourth-order valence-electron chi connectivity index (χ4n) is 0.187. The molecular weight excluding hydrogens is 139 g/mol. The SMILES string of the molecule is P#S12SC1S2. The van der Waals surface area contributed by atoms with E-state index >= 15 is 0 Å². The van der Waals surface area contributed by atoms with Gasteiger partial charge in [0.1, 0.15) is 0 Å². The van der Waals surface area contributed by atoms with Gasteiger partial charge in [0.2, 0.25) is 0 Å². The number of hydrogen-bond acceptors (Lipinski definition) is 2. The number of hydrogen-bond donors (Lipinski definition) is 0. The van der Waals surface area contributed by atoms with Gasteiger partial charge >= 0.3 is 40.4 Å². The summed E-state index contributed by atoms with van der Waals surface area (Å²) < 4.78 is 0.978. The van der Waals surface area contributed by atoms with Crippen molar-refractivity contribution < 1.29 is 0 Å². The van der Waals surface area contributed by atoms with Crippen molar-refractivity contribution in [3.05, 3.63) is 0 Å². The molecule has 5 heavy (non-hydrogen) atoms. The van der Waals surface area contributed by atoms with Crippen LogP contribution in [-0.4, -0.2) is 3.91 Å². The van der Waals surface area contributed by atoms with Gasteiger partial charge in [0.25, 0.3) is 0 Å². The quantitative estimate of drug-likeness (QED) is 0.288. The molecule has 0 aromatic carbocycles. The van der Waals surface area contributed by atoms with Crippen molar-refractivity contribution >= 4 is 36.5 Å². The molecule has 0 aromatic heterocycles. The van der Waals surface area contributed by atoms with Crippen molar-refractivity contribution in [3.8, 4) is 0 Å². The predicted octanol–water partition coefficient (Wildman–Crippen LogP) is 2.72. The molecule has 2 fully saturated rings. The normalized spacial score (nSPS) is 69.8. The van der Waals surface area contributed by atoms with Crippen LogP contribution in [0.2, 0.25) is 0 Å². The first-order chi connectivity index (χ1) is 2.31. The van der Waals surface area contributed by atoms with Crippen LogP contribution in [0.4, 0.5) is 0 Å². The second-order valence-corrected chi connectivity index (χ2v) is 12.9. The average molecular weight is 140 g/mol. The molecule has 2 saturated heterocycles. The van der Waals surface area contributed by atoms with Crippen molar-refractivity contribution in [2.75, 3.05) is 0 Å². The average Bonchev–Trinajstić information content (AvgIpc) is 1.74. The van der Waals surface area contributed by atoms with Crippen LogP contribution in [0.5, 0.6) is 0 Å². The Morgan fingerprint density at radius 3 is 1.80 bits per heavy atom. The van der Waals surface area contributed by atoms with E-state index in [2.05, 4.69) is 7.81 Å². The Kier molecular flexibility index (Phi) is 0.491. The fourth-order valence-corrected chi connectivity index (χ4v) is 10.6. The first kappa shape index (κ1) is 3.48. The Balaban J connectivity index is 2.83. The zero-order chi connectivity index (χ0) is 3.49. The standard InChI is InChI=1S/CHPS3/c2-5-1(3-5)4-5/h1H. The van der Waals surface area contributed by atoms with E-state index in [0.717, 1.165) is 3.91 Å². The molecule has 0 saturated carbocycles. The van der Waals surface area contributed by atoms with Gasteiger partial charge in [-0.1, -0.05) is 0 Å². The second-order valence-electron chi connectivity index (χ2n) is 0.996. The molecule has 0 atom stereocenters. The Morgan fingerprint density at radius 1 is 1.60 bits per heavy atom. The Bertz CT molecular complexity index is 149. The number of fused-ring (bicyclic) bond motifs is 1. The molecule has 0 radical (unpaired) electrons. The maximum absolute atomic E-state index is 4.32. The zero-order valence-corrected chi connectivity index (χ0v) is 5.59. The molecule has 28 valence electrons. The van der Waals surface area contributed by atoms with Crippen LogP contribution in [0.25, 0.3) is 0 Å². The molecule has 0 unspecified atom stereocenters. The van der Waals surface area contributed by atoms with Gasteiger partial charge in [-0.25, -0.2) is 0 Å². The maximum atomic E-state index is 4.32. The van der Waals surface area contributed by atoms with Gasteiger partial charge in [0.05, 0.1) is 0 Å². The summed E-state index contributed by atoms with van der Waals surface area (Å²) in [6.45, 7) is 0. The van der Waals surface area contributed by atoms with Crippen molar-refractivity contribution in [1.29, 1.82) is 0 Å². The third kappa shape index (κ3) is 0.365. The van der Waals surface area contributed by atoms with E-state index in [1.165, 1.54) is 0 Å². The topological polar surface area (TPSA) is 0 Å². The molecule has 0 aliphatic carbocycles. The molecule has 0 bridgehead atoms. The van der Waals surface area contributed by atoms with Crippen LogP contribution in [-0.2, 0) is 0 Å². The van der Waals surface area contributed by atoms with E-state index in [4.69, 9.17) is 0 Å². The van der Waals surface area contributed by atoms with E-state index < -0.39 is 0 Å². The minimum atomic E-state index is -0.222. The molecule has 2 aliphatic rings. The van der Waals surface area contributed by atoms with Gasteiger partial charge in [-0.3, -0.25) is 0 Å². The van der Waals surface area contributed by atoms with E-state index in [9.17, 15) is 0 Å². The third-order valence-corrected chi connectivity index (χ3v) is 12.7. The summed E-state index contributed by atoms with van der Waals surface area (Å²) >= 11 is 0. The van der Waals surface area contributed by atoms with Crippen molar-refractivity contribution in [1.82, 2.24) is 0 Å². The molecule has 0 amide bonds. The Hall–Kier alpha value is 1.48. The van der Waals surface area contributed by atoms with Gasteiger partial charge in [0, 0.05) is 0 Å². The monoisotopic (exact) mass is 140 g/mol. The van der Waals surface area contributed by atoms with Gasteiger partial charge in [-0.2, -0.15) is 0 Å². The molecule has 2 aliphatic heterocycles. The first-order valence-electron chi connectivity index (χ1n) is 1.22. The third-order valence-electron chi connectivity index (χ3n) is 0.600. The van der Waals surface area contributed by atoms with Crippen molar-refractivity contribution in [3.63, 3.8) is 0 Å². The van der Waals surface area contributed by atoms with Crippen LogP contribution >= 0.6 is 36.5 Å². The summed E-state index contributed by atoms with van der Waals surface area (Å²) in [5, 5.41) is 0. The van der Waals surface area contributed by atoms with Crippen LogP contribution in [0.15, 0.2) is 0 Å².